The third kappa shape index (κ3) is 4.69. The van der Waals surface area contributed by atoms with Gasteiger partial charge in [-0.3, -0.25) is 0 Å². The molecule has 0 atom stereocenters. The van der Waals surface area contributed by atoms with Crippen molar-refractivity contribution in [2.75, 3.05) is 26.2 Å². The average Bonchev–Trinajstić information content (AvgIpc) is 2.84. The summed E-state index contributed by atoms with van der Waals surface area (Å²) in [5.74, 6) is 0.932. The van der Waals surface area contributed by atoms with Crippen LogP contribution < -0.4 is 5.32 Å². The van der Waals surface area contributed by atoms with Crippen molar-refractivity contribution in [3.05, 3.63) is 11.1 Å². The fourth-order valence-corrected chi connectivity index (χ4v) is 2.64. The number of rotatable bonds is 6. The predicted molar refractivity (Wildman–Crippen MR) is 71.1 cm³/mol. The summed E-state index contributed by atoms with van der Waals surface area (Å²) in [5.41, 5.74) is 1.06. The quantitative estimate of drug-likeness (QED) is 0.785. The molecule has 1 aromatic heterocycles. The maximum atomic E-state index is 4.01. The summed E-state index contributed by atoms with van der Waals surface area (Å²) >= 11 is 1.42. The number of hydrogen-bond acceptors (Lipinski definition) is 5. The topological polar surface area (TPSA) is 41.0 Å². The van der Waals surface area contributed by atoms with Crippen molar-refractivity contribution in [2.24, 2.45) is 5.92 Å². The lowest BCUT2D eigenvalue weighted by atomic mass is 9.99. The van der Waals surface area contributed by atoms with Crippen LogP contribution in [0.1, 0.15) is 31.9 Å². The van der Waals surface area contributed by atoms with E-state index in [1.54, 1.807) is 0 Å². The first-order chi connectivity index (χ1) is 8.34. The summed E-state index contributed by atoms with van der Waals surface area (Å²) < 4.78 is 3.85. The van der Waals surface area contributed by atoms with Gasteiger partial charge in [-0.15, -0.1) is 5.10 Å². The number of nitrogens with one attached hydrogen (secondary N) is 1. The van der Waals surface area contributed by atoms with Gasteiger partial charge in [0, 0.05) is 11.9 Å². The highest BCUT2D eigenvalue weighted by atomic mass is 32.1. The van der Waals surface area contributed by atoms with Crippen molar-refractivity contribution in [1.82, 2.24) is 19.8 Å². The van der Waals surface area contributed by atoms with Crippen LogP contribution >= 0.6 is 11.5 Å². The van der Waals surface area contributed by atoms with Crippen LogP contribution in [0.3, 0.4) is 0 Å². The van der Waals surface area contributed by atoms with Crippen molar-refractivity contribution in [1.29, 1.82) is 0 Å². The van der Waals surface area contributed by atoms with Crippen LogP contribution in [-0.2, 0) is 6.54 Å². The zero-order valence-corrected chi connectivity index (χ0v) is 11.4. The summed E-state index contributed by atoms with van der Waals surface area (Å²) in [6.45, 7) is 8.10. The monoisotopic (exact) mass is 254 g/mol. The van der Waals surface area contributed by atoms with Crippen molar-refractivity contribution in [3.63, 3.8) is 0 Å². The Kier molecular flexibility index (Phi) is 5.35. The Morgan fingerprint density at radius 1 is 1.47 bits per heavy atom. The summed E-state index contributed by atoms with van der Waals surface area (Å²) in [6.07, 6.45) is 3.97. The van der Waals surface area contributed by atoms with Gasteiger partial charge in [-0.1, -0.05) is 11.4 Å². The molecule has 0 aliphatic carbocycles. The van der Waals surface area contributed by atoms with E-state index in [9.17, 15) is 0 Å². The van der Waals surface area contributed by atoms with Crippen molar-refractivity contribution < 1.29 is 0 Å². The van der Waals surface area contributed by atoms with Gasteiger partial charge < -0.3 is 10.2 Å². The Hall–Kier alpha value is -0.520. The Bertz CT molecular complexity index is 293. The van der Waals surface area contributed by atoms with Crippen molar-refractivity contribution in [2.45, 2.75) is 32.7 Å². The molecule has 0 aromatic carbocycles. The number of aromatic nitrogens is 2. The molecule has 2 rings (SSSR count). The van der Waals surface area contributed by atoms with Crippen LogP contribution in [-0.4, -0.2) is 40.7 Å². The van der Waals surface area contributed by atoms with Crippen molar-refractivity contribution >= 4 is 11.5 Å². The summed E-state index contributed by atoms with van der Waals surface area (Å²) in [6, 6.07) is 0. The van der Waals surface area contributed by atoms with E-state index >= 15 is 0 Å². The zero-order chi connectivity index (χ0) is 11.9. The van der Waals surface area contributed by atoms with Crippen LogP contribution in [0.15, 0.2) is 5.38 Å². The van der Waals surface area contributed by atoms with E-state index in [2.05, 4.69) is 26.7 Å². The molecule has 0 unspecified atom stereocenters. The second-order valence-corrected chi connectivity index (χ2v) is 5.56. The van der Waals surface area contributed by atoms with E-state index in [1.807, 2.05) is 5.38 Å². The molecular formula is C12H22N4S. The van der Waals surface area contributed by atoms with Gasteiger partial charge in [0.25, 0.3) is 0 Å². The number of hydrogen-bond donors (Lipinski definition) is 1. The Labute approximate surface area is 108 Å². The normalized spacial score (nSPS) is 18.6. The van der Waals surface area contributed by atoms with Gasteiger partial charge in [0.05, 0.1) is 5.69 Å². The van der Waals surface area contributed by atoms with E-state index in [1.165, 1.54) is 50.4 Å². The second-order valence-electron chi connectivity index (χ2n) is 4.95. The summed E-state index contributed by atoms with van der Waals surface area (Å²) in [4.78, 5) is 2.59. The third-order valence-corrected chi connectivity index (χ3v) is 3.97. The standard InChI is InChI=1S/C12H22N4S/c1-11-3-7-16(8-4-11)6-2-5-13-9-12-10-17-15-14-12/h10-11,13H,2-9H2,1H3. The largest absolute Gasteiger partial charge is 0.311 e. The lowest BCUT2D eigenvalue weighted by Gasteiger charge is -2.30. The van der Waals surface area contributed by atoms with Crippen LogP contribution in [0.4, 0.5) is 0 Å². The molecule has 0 amide bonds. The maximum absolute atomic E-state index is 4.01. The lowest BCUT2D eigenvalue weighted by Crippen LogP contribution is -2.34. The highest BCUT2D eigenvalue weighted by Crippen LogP contribution is 2.15. The Morgan fingerprint density at radius 2 is 2.29 bits per heavy atom. The molecule has 0 saturated carbocycles. The van der Waals surface area contributed by atoms with Gasteiger partial charge in [0.15, 0.2) is 0 Å². The zero-order valence-electron chi connectivity index (χ0n) is 10.6. The third-order valence-electron chi connectivity index (χ3n) is 3.42. The number of piperidine rings is 1. The SMILES string of the molecule is CC1CCN(CCCNCc2csnn2)CC1. The Balaban J connectivity index is 1.49. The first kappa shape index (κ1) is 12.9. The van der Waals surface area contributed by atoms with E-state index in [0.717, 1.165) is 24.7 Å². The fraction of sp³-hybridized carbons (Fsp3) is 0.833. The molecule has 17 heavy (non-hydrogen) atoms. The predicted octanol–water partition coefficient (Wildman–Crippen LogP) is 1.75. The molecule has 1 saturated heterocycles. The summed E-state index contributed by atoms with van der Waals surface area (Å²) in [7, 11) is 0. The van der Waals surface area contributed by atoms with Crippen LogP contribution in [0.2, 0.25) is 0 Å². The van der Waals surface area contributed by atoms with Gasteiger partial charge in [-0.2, -0.15) is 0 Å². The van der Waals surface area contributed by atoms with Crippen molar-refractivity contribution in [3.8, 4) is 0 Å². The molecule has 1 N–H and O–H groups in total. The molecule has 1 aromatic rings. The minimum Gasteiger partial charge on any atom is -0.311 e. The van der Waals surface area contributed by atoms with Gasteiger partial charge >= 0.3 is 0 Å². The second kappa shape index (κ2) is 7.03. The van der Waals surface area contributed by atoms with Gasteiger partial charge in [0.1, 0.15) is 0 Å². The first-order valence-electron chi connectivity index (χ1n) is 6.53. The average molecular weight is 254 g/mol. The molecule has 5 heteroatoms. The lowest BCUT2D eigenvalue weighted by molar-refractivity contribution is 0.190. The molecule has 0 spiro atoms. The van der Waals surface area contributed by atoms with Crippen LogP contribution in [0, 0.1) is 5.92 Å². The molecule has 1 aliphatic heterocycles. The van der Waals surface area contributed by atoms with E-state index in [0.29, 0.717) is 0 Å². The minimum atomic E-state index is 0.855. The minimum absolute atomic E-state index is 0.855. The summed E-state index contributed by atoms with van der Waals surface area (Å²) in [5, 5.41) is 9.42. The molecule has 4 nitrogen and oxygen atoms in total. The molecule has 1 fully saturated rings. The van der Waals surface area contributed by atoms with E-state index in [-0.39, 0.29) is 0 Å². The van der Waals surface area contributed by atoms with Crippen LogP contribution in [0.25, 0.3) is 0 Å². The molecule has 0 bridgehead atoms. The number of nitrogens with zero attached hydrogens (tertiary/aromatic N) is 3. The molecule has 0 radical (unpaired) electrons. The van der Waals surface area contributed by atoms with E-state index < -0.39 is 0 Å². The molecule has 1 aliphatic rings. The molecule has 96 valence electrons. The smallest absolute Gasteiger partial charge is 0.0893 e. The maximum Gasteiger partial charge on any atom is 0.0893 e. The Morgan fingerprint density at radius 3 is 3.00 bits per heavy atom. The number of likely N-dealkylation sites (tertiary alicyclic amines) is 1. The highest BCUT2D eigenvalue weighted by molar-refractivity contribution is 7.03. The molecule has 2 heterocycles. The van der Waals surface area contributed by atoms with Crippen LogP contribution in [0.5, 0.6) is 0 Å². The van der Waals surface area contributed by atoms with Gasteiger partial charge in [-0.05, 0) is 62.9 Å². The first-order valence-corrected chi connectivity index (χ1v) is 7.37. The van der Waals surface area contributed by atoms with Gasteiger partial charge in [-0.25, -0.2) is 0 Å². The van der Waals surface area contributed by atoms with Gasteiger partial charge in [0.2, 0.25) is 0 Å². The fourth-order valence-electron chi connectivity index (χ4n) is 2.19. The molecular weight excluding hydrogens is 232 g/mol. The van der Waals surface area contributed by atoms with E-state index in [4.69, 9.17) is 0 Å². The highest BCUT2D eigenvalue weighted by Gasteiger charge is 2.14.